The fourth-order valence-corrected chi connectivity index (χ4v) is 1.92. The van der Waals surface area contributed by atoms with Crippen molar-refractivity contribution in [2.45, 2.75) is 48.4 Å². The van der Waals surface area contributed by atoms with Gasteiger partial charge < -0.3 is 0 Å². The molecular formula is C14H9Cl2F11O. The summed E-state index contributed by atoms with van der Waals surface area (Å²) < 4.78 is 150. The van der Waals surface area contributed by atoms with Gasteiger partial charge in [-0.2, -0.15) is 48.3 Å². The van der Waals surface area contributed by atoms with E-state index in [1.165, 1.54) is 6.92 Å². The second kappa shape index (κ2) is 7.05. The molecule has 1 aromatic rings. The number of benzene rings is 1. The van der Waals surface area contributed by atoms with Crippen LogP contribution in [0.4, 0.5) is 48.3 Å². The van der Waals surface area contributed by atoms with Gasteiger partial charge in [-0.15, -0.1) is 0 Å². The Hall–Kier alpha value is -1.01. The molecule has 1 aromatic carbocycles. The number of rotatable bonds is 7. The van der Waals surface area contributed by atoms with Gasteiger partial charge in [0.1, 0.15) is 0 Å². The summed E-state index contributed by atoms with van der Waals surface area (Å²) in [7, 11) is 0. The third kappa shape index (κ3) is 4.00. The molecule has 0 spiro atoms. The van der Waals surface area contributed by atoms with E-state index in [0.717, 1.165) is 13.0 Å². The topological polar surface area (TPSA) is 9.23 Å². The molecule has 1 atom stereocenters. The Labute approximate surface area is 160 Å². The lowest BCUT2D eigenvalue weighted by atomic mass is 9.94. The van der Waals surface area contributed by atoms with Gasteiger partial charge in [-0.3, -0.25) is 4.74 Å². The number of hydrogen-bond acceptors (Lipinski definition) is 1. The van der Waals surface area contributed by atoms with E-state index in [0.29, 0.717) is 6.07 Å². The minimum absolute atomic E-state index is 0.0791. The quantitative estimate of drug-likeness (QED) is 0.307. The van der Waals surface area contributed by atoms with Gasteiger partial charge in [-0.1, -0.05) is 12.1 Å². The zero-order chi connectivity index (χ0) is 22.6. The average molecular weight is 473 g/mol. The number of alkyl halides is 13. The van der Waals surface area contributed by atoms with Crippen LogP contribution in [0.1, 0.15) is 16.7 Å². The summed E-state index contributed by atoms with van der Waals surface area (Å²) >= 11 is 8.04. The molecule has 0 aliphatic heterocycles. The monoisotopic (exact) mass is 472 g/mol. The Morgan fingerprint density at radius 2 is 1.18 bits per heavy atom. The third-order valence-corrected chi connectivity index (χ3v) is 4.26. The molecule has 14 heteroatoms. The van der Waals surface area contributed by atoms with Crippen LogP contribution < -0.4 is 0 Å². The van der Waals surface area contributed by atoms with E-state index in [4.69, 9.17) is 0 Å². The maximum absolute atomic E-state index is 14.0. The van der Waals surface area contributed by atoms with Crippen molar-refractivity contribution < 1.29 is 53.0 Å². The number of aryl methyl sites for hydroxylation is 2. The maximum Gasteiger partial charge on any atom is 0.429 e. The van der Waals surface area contributed by atoms with Crippen molar-refractivity contribution in [2.24, 2.45) is 0 Å². The molecule has 0 aliphatic rings. The van der Waals surface area contributed by atoms with Gasteiger partial charge in [0, 0.05) is 5.56 Å². The molecule has 0 aliphatic carbocycles. The highest BCUT2D eigenvalue weighted by Crippen LogP contribution is 2.58. The zero-order valence-corrected chi connectivity index (χ0v) is 15.1. The maximum atomic E-state index is 14.0. The Morgan fingerprint density at radius 1 is 0.714 bits per heavy atom. The molecule has 0 saturated heterocycles. The van der Waals surface area contributed by atoms with Crippen LogP contribution in [0.25, 0.3) is 0 Å². The number of hydrogen-bond donors (Lipinski definition) is 0. The van der Waals surface area contributed by atoms with Crippen molar-refractivity contribution in [3.05, 3.63) is 34.9 Å². The van der Waals surface area contributed by atoms with Crippen LogP contribution in [0.2, 0.25) is 0 Å². The van der Waals surface area contributed by atoms with Crippen molar-refractivity contribution in [1.82, 2.24) is 0 Å². The predicted molar refractivity (Wildman–Crippen MR) is 76.2 cm³/mol. The smallest absolute Gasteiger partial charge is 0.258 e. The van der Waals surface area contributed by atoms with E-state index in [-0.39, 0.29) is 17.2 Å². The predicted octanol–water partition coefficient (Wildman–Crippen LogP) is 6.97. The molecule has 162 valence electrons. The van der Waals surface area contributed by atoms with Crippen LogP contribution in [0.5, 0.6) is 0 Å². The van der Waals surface area contributed by atoms with Gasteiger partial charge in [-0.05, 0) is 54.2 Å². The van der Waals surface area contributed by atoms with Crippen molar-refractivity contribution in [2.75, 3.05) is 0 Å². The first kappa shape index (κ1) is 25.0. The molecule has 0 N–H and O–H groups in total. The van der Waals surface area contributed by atoms with Crippen molar-refractivity contribution in [3.8, 4) is 0 Å². The molecule has 1 rings (SSSR count). The van der Waals surface area contributed by atoms with E-state index in [1.807, 2.05) is 0 Å². The van der Waals surface area contributed by atoms with Crippen LogP contribution in [-0.4, -0.2) is 28.6 Å². The molecule has 0 fully saturated rings. The van der Waals surface area contributed by atoms with Crippen LogP contribution in [0.15, 0.2) is 18.2 Å². The van der Waals surface area contributed by atoms with Crippen molar-refractivity contribution in [1.29, 1.82) is 0 Å². The van der Waals surface area contributed by atoms with Crippen molar-refractivity contribution in [3.63, 3.8) is 0 Å². The number of halogens is 13. The van der Waals surface area contributed by atoms with Gasteiger partial charge in [-0.25, -0.2) is 0 Å². The Kier molecular flexibility index (Phi) is 6.30. The van der Waals surface area contributed by atoms with Crippen LogP contribution >= 0.6 is 23.2 Å². The molecule has 0 bridgehead atoms. The van der Waals surface area contributed by atoms with Crippen LogP contribution in [0.3, 0.4) is 0 Å². The first-order chi connectivity index (χ1) is 12.1. The van der Waals surface area contributed by atoms with E-state index < -0.39 is 40.1 Å². The molecule has 1 unspecified atom stereocenters. The molecule has 0 aromatic heterocycles. The minimum atomic E-state index is -7.21. The summed E-state index contributed by atoms with van der Waals surface area (Å²) in [4.78, 5) is 0. The largest absolute Gasteiger partial charge is 0.429 e. The Morgan fingerprint density at radius 3 is 1.57 bits per heavy atom. The zero-order valence-electron chi connectivity index (χ0n) is 13.6. The molecule has 0 heterocycles. The summed E-state index contributed by atoms with van der Waals surface area (Å²) in [6.07, 6.45) is -6.94. The summed E-state index contributed by atoms with van der Waals surface area (Å²) in [6.45, 7) is 2.48. The third-order valence-electron chi connectivity index (χ3n) is 3.61. The summed E-state index contributed by atoms with van der Waals surface area (Å²) in [5, 5.41) is -11.2. The van der Waals surface area contributed by atoms with Crippen LogP contribution in [0, 0.1) is 13.8 Å². The lowest BCUT2D eigenvalue weighted by Crippen LogP contribution is -2.63. The molecule has 0 amide bonds. The van der Waals surface area contributed by atoms with Gasteiger partial charge >= 0.3 is 34.6 Å². The van der Waals surface area contributed by atoms with Gasteiger partial charge in [0.25, 0.3) is 0 Å². The summed E-state index contributed by atoms with van der Waals surface area (Å²) in [6, 6.07) is 1.41. The van der Waals surface area contributed by atoms with Gasteiger partial charge in [0.15, 0.2) is 0 Å². The fourth-order valence-electron chi connectivity index (χ4n) is 1.78. The summed E-state index contributed by atoms with van der Waals surface area (Å²) in [5.41, 5.74) is -1.60. The molecular weight excluding hydrogens is 464 g/mol. The Bertz CT molecular complexity index is 728. The highest BCUT2D eigenvalue weighted by molar-refractivity contribution is 6.31. The highest BCUT2D eigenvalue weighted by atomic mass is 35.5. The van der Waals surface area contributed by atoms with E-state index >= 15 is 0 Å². The SMILES string of the molecule is Cc1ccc(C(F)(F)C(F)(F)C(F)(F)C(F)(F)OC(F)(Cl)C(F)(F)Cl)cc1C. The highest BCUT2D eigenvalue weighted by Gasteiger charge is 2.83. The number of ether oxygens (including phenoxy) is 1. The first-order valence-corrected chi connectivity index (χ1v) is 7.61. The fraction of sp³-hybridized carbons (Fsp3) is 0.571. The van der Waals surface area contributed by atoms with Crippen molar-refractivity contribution >= 4 is 23.2 Å². The molecule has 0 radical (unpaired) electrons. The second-order valence-electron chi connectivity index (χ2n) is 5.66. The lowest BCUT2D eigenvalue weighted by Gasteiger charge is -2.38. The minimum Gasteiger partial charge on any atom is -0.258 e. The van der Waals surface area contributed by atoms with Gasteiger partial charge in [0.2, 0.25) is 0 Å². The Balaban J connectivity index is 3.44. The second-order valence-corrected chi connectivity index (χ2v) is 6.62. The molecule has 1 nitrogen and oxygen atoms in total. The van der Waals surface area contributed by atoms with E-state index in [1.54, 1.807) is 0 Å². The summed E-state index contributed by atoms with van der Waals surface area (Å²) in [5.74, 6) is -20.1. The van der Waals surface area contributed by atoms with Gasteiger partial charge in [0.05, 0.1) is 0 Å². The lowest BCUT2D eigenvalue weighted by molar-refractivity contribution is -0.457. The standard InChI is InChI=1S/C14H9Cl2F11O/c1-6-3-4-8(5-7(6)2)9(17,18)10(19,20)11(21,22)14(26,27)28-13(16,25)12(15,23)24/h3-5H,1-2H3. The molecule has 0 saturated carbocycles. The normalized spacial score (nSPS) is 16.8. The average Bonchev–Trinajstić information content (AvgIpc) is 2.47. The van der Waals surface area contributed by atoms with E-state index in [2.05, 4.69) is 27.9 Å². The van der Waals surface area contributed by atoms with E-state index in [9.17, 15) is 48.3 Å². The molecule has 28 heavy (non-hydrogen) atoms. The first-order valence-electron chi connectivity index (χ1n) is 6.85. The van der Waals surface area contributed by atoms with Crippen LogP contribution in [-0.2, 0) is 10.7 Å².